The van der Waals surface area contributed by atoms with Crippen LogP contribution in [0.5, 0.6) is 17.2 Å². The molecule has 2 aliphatic rings. The summed E-state index contributed by atoms with van der Waals surface area (Å²) in [5, 5.41) is 3.42. The van der Waals surface area contributed by atoms with Crippen molar-refractivity contribution in [2.24, 2.45) is 0 Å². The van der Waals surface area contributed by atoms with Crippen LogP contribution in [0.4, 0.5) is 0 Å². The Labute approximate surface area is 240 Å². The smallest absolute Gasteiger partial charge is 0.336 e. The lowest BCUT2D eigenvalue weighted by Gasteiger charge is -2.37. The number of nitrogens with one attached hydrogen (secondary N) is 1. The van der Waals surface area contributed by atoms with Crippen molar-refractivity contribution in [3.63, 3.8) is 0 Å². The highest BCUT2D eigenvalue weighted by Crippen LogP contribution is 2.49. The predicted octanol–water partition coefficient (Wildman–Crippen LogP) is 5.86. The number of allylic oxidation sites excluding steroid dienone is 3. The van der Waals surface area contributed by atoms with Gasteiger partial charge in [-0.3, -0.25) is 4.79 Å². The van der Waals surface area contributed by atoms with E-state index in [0.717, 1.165) is 16.8 Å². The molecule has 7 heteroatoms. The summed E-state index contributed by atoms with van der Waals surface area (Å²) >= 11 is 0. The van der Waals surface area contributed by atoms with Crippen molar-refractivity contribution in [3.05, 3.63) is 112 Å². The van der Waals surface area contributed by atoms with Gasteiger partial charge in [0.15, 0.2) is 17.3 Å². The number of dihydropyridines is 1. The standard InChI is InChI=1S/C34H35NO6/c1-21-30(34(37)41-16-15-22-11-7-5-8-12-22)31(25-19-28(38-2)33(40-4)29(20-25)39-3)32-26(35-21)17-24(18-27(32)36)23-13-9-6-10-14-23/h5-14,19-20,24,31,35H,15-18H2,1-4H3/t24-,31+/m0/s1. The van der Waals surface area contributed by atoms with Gasteiger partial charge >= 0.3 is 5.97 Å². The number of Topliss-reactive ketones (excluding diaryl/α,β-unsaturated/α-hetero) is 1. The Morgan fingerprint density at radius 3 is 2.10 bits per heavy atom. The predicted molar refractivity (Wildman–Crippen MR) is 156 cm³/mol. The molecule has 3 aromatic rings. The highest BCUT2D eigenvalue weighted by atomic mass is 16.5. The molecule has 0 fully saturated rings. The monoisotopic (exact) mass is 553 g/mol. The zero-order chi connectivity index (χ0) is 28.9. The summed E-state index contributed by atoms with van der Waals surface area (Å²) in [5.74, 6) is 0.247. The van der Waals surface area contributed by atoms with Crippen molar-refractivity contribution in [1.29, 1.82) is 0 Å². The van der Waals surface area contributed by atoms with Crippen LogP contribution in [0.25, 0.3) is 0 Å². The van der Waals surface area contributed by atoms with Crippen molar-refractivity contribution in [1.82, 2.24) is 5.32 Å². The average molecular weight is 554 g/mol. The van der Waals surface area contributed by atoms with E-state index >= 15 is 0 Å². The summed E-state index contributed by atoms with van der Waals surface area (Å²) in [5.41, 5.74) is 5.35. The molecule has 212 valence electrons. The van der Waals surface area contributed by atoms with Gasteiger partial charge in [0.25, 0.3) is 0 Å². The van der Waals surface area contributed by atoms with Gasteiger partial charge in [-0.05, 0) is 48.1 Å². The van der Waals surface area contributed by atoms with E-state index in [-0.39, 0.29) is 18.3 Å². The maximum atomic E-state index is 13.9. The van der Waals surface area contributed by atoms with Crippen molar-refractivity contribution in [2.75, 3.05) is 27.9 Å². The van der Waals surface area contributed by atoms with Crippen LogP contribution in [0, 0.1) is 0 Å². The Morgan fingerprint density at radius 2 is 1.49 bits per heavy atom. The minimum atomic E-state index is -0.659. The van der Waals surface area contributed by atoms with Gasteiger partial charge in [-0.1, -0.05) is 60.7 Å². The van der Waals surface area contributed by atoms with E-state index in [1.165, 1.54) is 0 Å². The maximum absolute atomic E-state index is 13.9. The number of carbonyl (C=O) groups excluding carboxylic acids is 2. The average Bonchev–Trinajstić information content (AvgIpc) is 3.00. The number of ether oxygens (including phenoxy) is 4. The van der Waals surface area contributed by atoms with Crippen molar-refractivity contribution in [3.8, 4) is 17.2 Å². The third kappa shape index (κ3) is 5.71. The van der Waals surface area contributed by atoms with E-state index in [0.29, 0.717) is 58.9 Å². The van der Waals surface area contributed by atoms with Crippen LogP contribution in [0.15, 0.2) is 95.3 Å². The molecule has 1 N–H and O–H groups in total. The zero-order valence-corrected chi connectivity index (χ0v) is 23.9. The van der Waals surface area contributed by atoms with Crippen LogP contribution in [-0.4, -0.2) is 39.7 Å². The fourth-order valence-electron chi connectivity index (χ4n) is 5.86. The molecular weight excluding hydrogens is 518 g/mol. The second kappa shape index (κ2) is 12.3. The van der Waals surface area contributed by atoms with Crippen molar-refractivity contribution < 1.29 is 28.5 Å². The summed E-state index contributed by atoms with van der Waals surface area (Å²) in [4.78, 5) is 27.7. The lowest BCUT2D eigenvalue weighted by atomic mass is 9.71. The molecule has 7 nitrogen and oxygen atoms in total. The van der Waals surface area contributed by atoms with Gasteiger partial charge in [0.1, 0.15) is 0 Å². The molecule has 0 amide bonds. The van der Waals surface area contributed by atoms with Gasteiger partial charge in [0, 0.05) is 35.7 Å². The van der Waals surface area contributed by atoms with Crippen LogP contribution in [0.3, 0.4) is 0 Å². The van der Waals surface area contributed by atoms with Crippen LogP contribution in [0.1, 0.15) is 48.3 Å². The fraction of sp³-hybridized carbons (Fsp3) is 0.294. The topological polar surface area (TPSA) is 83.1 Å². The summed E-state index contributed by atoms with van der Waals surface area (Å²) in [7, 11) is 4.63. The molecule has 0 spiro atoms. The number of hydrogen-bond donors (Lipinski definition) is 1. The molecule has 0 bridgehead atoms. The first-order chi connectivity index (χ1) is 19.9. The SMILES string of the molecule is COc1cc([C@@H]2C(C(=O)OCCc3ccccc3)=C(C)NC3=C2C(=O)C[C@@H](c2ccccc2)C3)cc(OC)c1OC. The number of benzene rings is 3. The lowest BCUT2D eigenvalue weighted by molar-refractivity contribution is -0.139. The second-order valence-corrected chi connectivity index (χ2v) is 10.3. The summed E-state index contributed by atoms with van der Waals surface area (Å²) in [6, 6.07) is 23.6. The van der Waals surface area contributed by atoms with E-state index in [4.69, 9.17) is 18.9 Å². The van der Waals surface area contributed by atoms with Gasteiger partial charge in [-0.2, -0.15) is 0 Å². The maximum Gasteiger partial charge on any atom is 0.336 e. The summed E-state index contributed by atoms with van der Waals surface area (Å²) < 4.78 is 22.6. The highest BCUT2D eigenvalue weighted by molar-refractivity contribution is 6.04. The molecular formula is C34H35NO6. The zero-order valence-electron chi connectivity index (χ0n) is 23.9. The van der Waals surface area contributed by atoms with E-state index in [1.54, 1.807) is 21.3 Å². The second-order valence-electron chi connectivity index (χ2n) is 10.3. The first-order valence-corrected chi connectivity index (χ1v) is 13.7. The van der Waals surface area contributed by atoms with E-state index in [1.807, 2.05) is 67.6 Å². The number of esters is 1. The molecule has 3 aromatic carbocycles. The normalized spacial score (nSPS) is 18.4. The van der Waals surface area contributed by atoms with Crippen LogP contribution >= 0.6 is 0 Å². The number of rotatable bonds is 9. The van der Waals surface area contributed by atoms with Gasteiger partial charge in [-0.15, -0.1) is 0 Å². The van der Waals surface area contributed by atoms with Gasteiger partial charge in [0.05, 0.1) is 33.5 Å². The quantitative estimate of drug-likeness (QED) is 0.332. The molecule has 41 heavy (non-hydrogen) atoms. The van der Waals surface area contributed by atoms with Crippen LogP contribution in [0.2, 0.25) is 0 Å². The largest absolute Gasteiger partial charge is 0.493 e. The van der Waals surface area contributed by atoms with E-state index in [2.05, 4.69) is 17.4 Å². The molecule has 0 unspecified atom stereocenters. The Kier molecular flexibility index (Phi) is 8.43. The number of carbonyl (C=O) groups is 2. The Morgan fingerprint density at radius 1 is 0.854 bits per heavy atom. The first kappa shape index (κ1) is 28.0. The highest BCUT2D eigenvalue weighted by Gasteiger charge is 2.42. The van der Waals surface area contributed by atoms with Crippen LogP contribution in [-0.2, 0) is 20.7 Å². The molecule has 0 aromatic heterocycles. The first-order valence-electron chi connectivity index (χ1n) is 13.7. The third-order valence-corrected chi connectivity index (χ3v) is 7.81. The lowest BCUT2D eigenvalue weighted by Crippen LogP contribution is -2.36. The Bertz CT molecular complexity index is 1470. The summed E-state index contributed by atoms with van der Waals surface area (Å²) in [6.07, 6.45) is 1.59. The van der Waals surface area contributed by atoms with Gasteiger partial charge in [-0.25, -0.2) is 4.79 Å². The number of ketones is 1. The summed E-state index contributed by atoms with van der Waals surface area (Å²) in [6.45, 7) is 2.08. The number of methoxy groups -OCH3 is 3. The van der Waals surface area contributed by atoms with Crippen molar-refractivity contribution >= 4 is 11.8 Å². The van der Waals surface area contributed by atoms with Crippen molar-refractivity contribution in [2.45, 2.75) is 38.0 Å². The van der Waals surface area contributed by atoms with Crippen LogP contribution < -0.4 is 19.5 Å². The molecule has 1 aliphatic heterocycles. The Hall–Kier alpha value is -4.52. The van der Waals surface area contributed by atoms with Gasteiger partial charge in [0.2, 0.25) is 5.75 Å². The molecule has 2 atom stereocenters. The third-order valence-electron chi connectivity index (χ3n) is 7.81. The molecule has 1 aliphatic carbocycles. The van der Waals surface area contributed by atoms with Gasteiger partial charge < -0.3 is 24.3 Å². The molecule has 1 heterocycles. The van der Waals surface area contributed by atoms with E-state index in [9.17, 15) is 9.59 Å². The number of hydrogen-bond acceptors (Lipinski definition) is 7. The fourth-order valence-corrected chi connectivity index (χ4v) is 5.86. The Balaban J connectivity index is 1.55. The minimum Gasteiger partial charge on any atom is -0.493 e. The molecule has 0 saturated carbocycles. The molecule has 5 rings (SSSR count). The molecule has 0 saturated heterocycles. The van der Waals surface area contributed by atoms with E-state index < -0.39 is 11.9 Å². The molecule has 0 radical (unpaired) electrons. The minimum absolute atomic E-state index is 0.00607.